The van der Waals surface area contributed by atoms with Crippen molar-refractivity contribution in [1.82, 2.24) is 4.90 Å². The fourth-order valence-electron chi connectivity index (χ4n) is 1.26. The predicted octanol–water partition coefficient (Wildman–Crippen LogP) is -0.601. The molecule has 0 bridgehead atoms. The minimum Gasteiger partial charge on any atom is -0.390 e. The fourth-order valence-corrected chi connectivity index (χ4v) is 1.26. The van der Waals surface area contributed by atoms with E-state index in [4.69, 9.17) is 5.73 Å². The summed E-state index contributed by atoms with van der Waals surface area (Å²) in [5, 5.41) is 9.25. The summed E-state index contributed by atoms with van der Waals surface area (Å²) in [6, 6.07) is 0.464. The third kappa shape index (κ3) is 1.48. The molecule has 3 N–H and O–H groups in total. The number of nitrogens with zero attached hydrogens (tertiary/aromatic N) is 1. The molecule has 2 atom stereocenters. The summed E-state index contributed by atoms with van der Waals surface area (Å²) < 4.78 is 0. The molecule has 1 aliphatic heterocycles. The molecule has 0 aromatic heterocycles. The molecule has 1 aliphatic rings. The second kappa shape index (κ2) is 2.86. The third-order valence-corrected chi connectivity index (χ3v) is 2.09. The SMILES string of the molecule is CC(C)N1CC(O)[C@H](N)C1. The molecule has 1 rings (SSSR count). The van der Waals surface area contributed by atoms with Crippen LogP contribution in [0.1, 0.15) is 13.8 Å². The summed E-state index contributed by atoms with van der Waals surface area (Å²) in [4.78, 5) is 2.19. The Morgan fingerprint density at radius 1 is 1.50 bits per heavy atom. The highest BCUT2D eigenvalue weighted by Gasteiger charge is 2.29. The van der Waals surface area contributed by atoms with Crippen LogP contribution < -0.4 is 5.73 Å². The van der Waals surface area contributed by atoms with Crippen LogP contribution in [0.2, 0.25) is 0 Å². The highest BCUT2D eigenvalue weighted by molar-refractivity contribution is 4.87. The summed E-state index contributed by atoms with van der Waals surface area (Å²) in [5.74, 6) is 0. The molecular weight excluding hydrogens is 128 g/mol. The van der Waals surface area contributed by atoms with E-state index >= 15 is 0 Å². The lowest BCUT2D eigenvalue weighted by Crippen LogP contribution is -2.33. The predicted molar refractivity (Wildman–Crippen MR) is 40.7 cm³/mol. The molecule has 1 fully saturated rings. The van der Waals surface area contributed by atoms with Gasteiger partial charge >= 0.3 is 0 Å². The molecule has 0 spiro atoms. The van der Waals surface area contributed by atoms with Gasteiger partial charge in [0.1, 0.15) is 0 Å². The Hall–Kier alpha value is -0.120. The van der Waals surface area contributed by atoms with Crippen LogP contribution in [0.5, 0.6) is 0 Å². The molecule has 0 aromatic carbocycles. The van der Waals surface area contributed by atoms with Gasteiger partial charge in [-0.25, -0.2) is 0 Å². The molecule has 1 unspecified atom stereocenters. The number of aliphatic hydroxyl groups excluding tert-OH is 1. The van der Waals surface area contributed by atoms with Gasteiger partial charge in [-0.2, -0.15) is 0 Å². The van der Waals surface area contributed by atoms with Crippen molar-refractivity contribution in [3.8, 4) is 0 Å². The first kappa shape index (κ1) is 7.98. The topological polar surface area (TPSA) is 49.5 Å². The van der Waals surface area contributed by atoms with E-state index in [0.717, 1.165) is 13.1 Å². The first-order chi connectivity index (χ1) is 4.61. The van der Waals surface area contributed by atoms with Gasteiger partial charge in [-0.15, -0.1) is 0 Å². The summed E-state index contributed by atoms with van der Waals surface area (Å²) in [7, 11) is 0. The number of β-amino-alcohol motifs (C(OH)–C–C–N with tert-alkyl or cyclic N) is 1. The van der Waals surface area contributed by atoms with Gasteiger partial charge < -0.3 is 10.8 Å². The van der Waals surface area contributed by atoms with E-state index in [-0.39, 0.29) is 12.1 Å². The van der Waals surface area contributed by atoms with Crippen LogP contribution in [0.25, 0.3) is 0 Å². The Labute approximate surface area is 61.8 Å². The quantitative estimate of drug-likeness (QED) is 0.516. The van der Waals surface area contributed by atoms with Crippen molar-refractivity contribution in [2.75, 3.05) is 13.1 Å². The fraction of sp³-hybridized carbons (Fsp3) is 1.00. The summed E-state index contributed by atoms with van der Waals surface area (Å²) >= 11 is 0. The van der Waals surface area contributed by atoms with Gasteiger partial charge in [-0.1, -0.05) is 0 Å². The first-order valence-corrected chi connectivity index (χ1v) is 3.79. The Bertz CT molecular complexity index is 106. The zero-order valence-corrected chi connectivity index (χ0v) is 6.62. The van der Waals surface area contributed by atoms with Gasteiger partial charge in [0.05, 0.1) is 6.10 Å². The minimum absolute atomic E-state index is 0.0394. The molecule has 0 saturated carbocycles. The second-order valence-electron chi connectivity index (χ2n) is 3.28. The van der Waals surface area contributed by atoms with Gasteiger partial charge in [0.2, 0.25) is 0 Å². The number of rotatable bonds is 1. The smallest absolute Gasteiger partial charge is 0.0830 e. The number of likely N-dealkylation sites (tertiary alicyclic amines) is 1. The number of nitrogens with two attached hydrogens (primary N) is 1. The third-order valence-electron chi connectivity index (χ3n) is 2.09. The Kier molecular flexibility index (Phi) is 2.28. The highest BCUT2D eigenvalue weighted by Crippen LogP contribution is 2.10. The monoisotopic (exact) mass is 144 g/mol. The molecule has 60 valence electrons. The lowest BCUT2D eigenvalue weighted by Gasteiger charge is -2.18. The van der Waals surface area contributed by atoms with Crippen molar-refractivity contribution in [3.05, 3.63) is 0 Å². The van der Waals surface area contributed by atoms with Crippen LogP contribution in [-0.4, -0.2) is 41.3 Å². The van der Waals surface area contributed by atoms with Gasteiger partial charge in [-0.3, -0.25) is 4.90 Å². The molecule has 3 nitrogen and oxygen atoms in total. The van der Waals surface area contributed by atoms with E-state index in [1.807, 2.05) is 0 Å². The molecule has 0 amide bonds. The zero-order chi connectivity index (χ0) is 7.72. The van der Waals surface area contributed by atoms with Gasteiger partial charge in [0.15, 0.2) is 0 Å². The average molecular weight is 144 g/mol. The average Bonchev–Trinajstić information content (AvgIpc) is 2.13. The van der Waals surface area contributed by atoms with Crippen molar-refractivity contribution in [3.63, 3.8) is 0 Å². The molecule has 0 radical (unpaired) electrons. The van der Waals surface area contributed by atoms with Gasteiger partial charge in [0.25, 0.3) is 0 Å². The number of aliphatic hydroxyl groups is 1. The molecule has 10 heavy (non-hydrogen) atoms. The van der Waals surface area contributed by atoms with E-state index in [2.05, 4.69) is 18.7 Å². The van der Waals surface area contributed by atoms with Crippen LogP contribution in [0, 0.1) is 0 Å². The van der Waals surface area contributed by atoms with Crippen LogP contribution in [-0.2, 0) is 0 Å². The van der Waals surface area contributed by atoms with Gasteiger partial charge in [-0.05, 0) is 13.8 Å². The second-order valence-corrected chi connectivity index (χ2v) is 3.28. The molecule has 1 saturated heterocycles. The summed E-state index contributed by atoms with van der Waals surface area (Å²) in [5.41, 5.74) is 5.61. The lowest BCUT2D eigenvalue weighted by atomic mass is 10.2. The van der Waals surface area contributed by atoms with Crippen molar-refractivity contribution in [1.29, 1.82) is 0 Å². The molecule has 0 aliphatic carbocycles. The lowest BCUT2D eigenvalue weighted by molar-refractivity contribution is 0.158. The van der Waals surface area contributed by atoms with Crippen molar-refractivity contribution in [2.45, 2.75) is 32.0 Å². The van der Waals surface area contributed by atoms with Crippen LogP contribution in [0.4, 0.5) is 0 Å². The van der Waals surface area contributed by atoms with Gasteiger partial charge in [0, 0.05) is 25.2 Å². The maximum atomic E-state index is 9.25. The largest absolute Gasteiger partial charge is 0.390 e. The van der Waals surface area contributed by atoms with Crippen molar-refractivity contribution >= 4 is 0 Å². The van der Waals surface area contributed by atoms with Crippen LogP contribution in [0.15, 0.2) is 0 Å². The molecule has 1 heterocycles. The van der Waals surface area contributed by atoms with E-state index in [1.54, 1.807) is 0 Å². The van der Waals surface area contributed by atoms with Crippen molar-refractivity contribution < 1.29 is 5.11 Å². The number of hydrogen-bond donors (Lipinski definition) is 2. The van der Waals surface area contributed by atoms with E-state index in [9.17, 15) is 5.11 Å². The standard InChI is InChI=1S/C7H16N2O/c1-5(2)9-3-6(8)7(10)4-9/h5-7,10H,3-4,8H2,1-2H3/t6-,7?/m1/s1. The Balaban J connectivity index is 2.41. The molecule has 0 aromatic rings. The molecular formula is C7H16N2O. The van der Waals surface area contributed by atoms with E-state index in [0.29, 0.717) is 6.04 Å². The number of hydrogen-bond acceptors (Lipinski definition) is 3. The van der Waals surface area contributed by atoms with E-state index < -0.39 is 0 Å². The van der Waals surface area contributed by atoms with E-state index in [1.165, 1.54) is 0 Å². The zero-order valence-electron chi connectivity index (χ0n) is 6.62. The summed E-state index contributed by atoms with van der Waals surface area (Å²) in [6.45, 7) is 5.80. The normalized spacial score (nSPS) is 35.7. The van der Waals surface area contributed by atoms with Crippen molar-refractivity contribution in [2.24, 2.45) is 5.73 Å². The first-order valence-electron chi connectivity index (χ1n) is 3.79. The molecule has 3 heteroatoms. The summed E-state index contributed by atoms with van der Waals surface area (Å²) in [6.07, 6.45) is -0.317. The highest BCUT2D eigenvalue weighted by atomic mass is 16.3. The maximum absolute atomic E-state index is 9.25. The minimum atomic E-state index is -0.317. The Morgan fingerprint density at radius 3 is 2.30 bits per heavy atom. The maximum Gasteiger partial charge on any atom is 0.0830 e. The Morgan fingerprint density at radius 2 is 2.10 bits per heavy atom. The van der Waals surface area contributed by atoms with Crippen LogP contribution in [0.3, 0.4) is 0 Å². The van der Waals surface area contributed by atoms with Crippen LogP contribution >= 0.6 is 0 Å².